The molecule has 0 aromatic carbocycles. The summed E-state index contributed by atoms with van der Waals surface area (Å²) in [6, 6.07) is -0.966. The van der Waals surface area contributed by atoms with Crippen molar-refractivity contribution in [3.8, 4) is 0 Å². The van der Waals surface area contributed by atoms with Gasteiger partial charge >= 0.3 is 51.4 Å². The van der Waals surface area contributed by atoms with Gasteiger partial charge < -0.3 is 16.6 Å². The van der Waals surface area contributed by atoms with Crippen LogP contribution in [0, 0.1) is 0 Å². The number of carboxylic acids is 1. The van der Waals surface area contributed by atoms with Crippen molar-refractivity contribution in [3.63, 3.8) is 0 Å². The fourth-order valence-corrected chi connectivity index (χ4v) is 0.616. The van der Waals surface area contributed by atoms with Gasteiger partial charge in [-0.05, 0) is 19.0 Å². The maximum absolute atomic E-state index is 10.1. The van der Waals surface area contributed by atoms with Crippen molar-refractivity contribution in [2.24, 2.45) is 5.73 Å². The molecule has 1 atom stereocenters. The van der Waals surface area contributed by atoms with Gasteiger partial charge in [-0.1, -0.05) is 12.8 Å². The molecule has 0 unspecified atom stereocenters. The van der Waals surface area contributed by atoms with Crippen LogP contribution in [0.3, 0.4) is 0 Å². The van der Waals surface area contributed by atoms with E-state index in [0.29, 0.717) is 13.0 Å². The fraction of sp³-hybridized carbons (Fsp3) is 0.833. The molecule has 0 aliphatic rings. The molecule has 5 heteroatoms. The second-order valence-corrected chi connectivity index (χ2v) is 2.18. The second-order valence-electron chi connectivity index (χ2n) is 2.18. The number of hydrogen-bond acceptors (Lipinski definition) is 2. The standard InChI is InChI=1S/C6H13N2O2.K/c7-4-2-1-3-5(8)6(9)10;/h5,8H,1-4,7H2,(H,9,10);/q-1;+1/t5-;/m0./s1. The number of carbonyl (C=O) groups is 1. The second kappa shape index (κ2) is 9.12. The Bertz CT molecular complexity index is 111. The molecule has 0 aliphatic carbocycles. The third-order valence-corrected chi connectivity index (χ3v) is 1.25. The zero-order valence-corrected chi connectivity index (χ0v) is 9.96. The van der Waals surface area contributed by atoms with Gasteiger partial charge in [0.1, 0.15) is 0 Å². The van der Waals surface area contributed by atoms with Gasteiger partial charge in [-0.2, -0.15) is 0 Å². The van der Waals surface area contributed by atoms with E-state index in [-0.39, 0.29) is 51.4 Å². The van der Waals surface area contributed by atoms with Crippen LogP contribution in [0.25, 0.3) is 5.73 Å². The van der Waals surface area contributed by atoms with Crippen LogP contribution in [0.4, 0.5) is 0 Å². The smallest absolute Gasteiger partial charge is 0.665 e. The third-order valence-electron chi connectivity index (χ3n) is 1.25. The van der Waals surface area contributed by atoms with Crippen molar-refractivity contribution in [3.05, 3.63) is 5.73 Å². The van der Waals surface area contributed by atoms with Crippen LogP contribution >= 0.6 is 0 Å². The molecule has 4 nitrogen and oxygen atoms in total. The van der Waals surface area contributed by atoms with Crippen LogP contribution < -0.4 is 57.1 Å². The Labute approximate surface area is 109 Å². The first-order valence-electron chi connectivity index (χ1n) is 3.32. The van der Waals surface area contributed by atoms with E-state index in [2.05, 4.69) is 0 Å². The maximum atomic E-state index is 10.1. The molecule has 0 heterocycles. The van der Waals surface area contributed by atoms with E-state index < -0.39 is 12.0 Å². The molecule has 60 valence electrons. The van der Waals surface area contributed by atoms with Gasteiger partial charge in [0.15, 0.2) is 0 Å². The average molecular weight is 184 g/mol. The molecule has 0 radical (unpaired) electrons. The Balaban J connectivity index is 0. The minimum Gasteiger partial charge on any atom is -0.665 e. The van der Waals surface area contributed by atoms with Gasteiger partial charge in [0.05, 0.1) is 0 Å². The van der Waals surface area contributed by atoms with Crippen LogP contribution in [0.5, 0.6) is 0 Å². The molecule has 0 spiro atoms. The maximum Gasteiger partial charge on any atom is 1.00 e. The van der Waals surface area contributed by atoms with Crippen molar-refractivity contribution < 1.29 is 61.3 Å². The third kappa shape index (κ3) is 8.94. The molecule has 4 N–H and O–H groups in total. The van der Waals surface area contributed by atoms with Gasteiger partial charge in [-0.25, -0.2) is 0 Å². The molecular weight excluding hydrogens is 171 g/mol. The van der Waals surface area contributed by atoms with E-state index in [1.165, 1.54) is 0 Å². The predicted octanol–water partition coefficient (Wildman–Crippen LogP) is -2.38. The summed E-state index contributed by atoms with van der Waals surface area (Å²) >= 11 is 0. The van der Waals surface area contributed by atoms with Gasteiger partial charge in [0.25, 0.3) is 5.97 Å². The molecule has 0 aromatic rings. The number of nitrogens with one attached hydrogen (secondary N) is 1. The summed E-state index contributed by atoms with van der Waals surface area (Å²) in [7, 11) is 0. The van der Waals surface area contributed by atoms with Gasteiger partial charge in [0.2, 0.25) is 0 Å². The Morgan fingerprint density at radius 3 is 2.45 bits per heavy atom. The molecule has 0 saturated carbocycles. The van der Waals surface area contributed by atoms with E-state index in [1.54, 1.807) is 0 Å². The Kier molecular flexibility index (Phi) is 12.1. The number of hydrogen-bond donors (Lipinski definition) is 2. The quantitative estimate of drug-likeness (QED) is 0.369. The number of unbranched alkanes of at least 4 members (excludes halogenated alkanes) is 1. The topological polar surface area (TPSA) is 87.1 Å². The van der Waals surface area contributed by atoms with Crippen molar-refractivity contribution in [2.45, 2.75) is 25.3 Å². The summed E-state index contributed by atoms with van der Waals surface area (Å²) in [6.45, 7) is 0.576. The van der Waals surface area contributed by atoms with Crippen molar-refractivity contribution in [2.75, 3.05) is 6.54 Å². The van der Waals surface area contributed by atoms with Crippen LogP contribution in [0.1, 0.15) is 19.3 Å². The minimum atomic E-state index is -1.04. The number of nitrogens with two attached hydrogens (primary N) is 1. The Morgan fingerprint density at radius 1 is 1.55 bits per heavy atom. The molecule has 0 amide bonds. The Hall–Kier alpha value is 1.03. The number of rotatable bonds is 5. The van der Waals surface area contributed by atoms with Crippen LogP contribution in [-0.2, 0) is 4.79 Å². The van der Waals surface area contributed by atoms with Crippen molar-refractivity contribution in [1.82, 2.24) is 0 Å². The first-order valence-corrected chi connectivity index (χ1v) is 3.32. The number of carboxylic acid groups (broad SMARTS) is 1. The monoisotopic (exact) mass is 184 g/mol. The Morgan fingerprint density at radius 2 is 2.09 bits per heavy atom. The minimum absolute atomic E-state index is 0. The first-order chi connectivity index (χ1) is 4.68. The van der Waals surface area contributed by atoms with Crippen LogP contribution in [0.2, 0.25) is 0 Å². The molecule has 0 bridgehead atoms. The molecule has 11 heavy (non-hydrogen) atoms. The van der Waals surface area contributed by atoms with Crippen LogP contribution in [0.15, 0.2) is 0 Å². The summed E-state index contributed by atoms with van der Waals surface area (Å²) in [5, 5.41) is 8.26. The zero-order valence-electron chi connectivity index (χ0n) is 6.84. The molecular formula is C6H13KN2O2. The fourth-order valence-electron chi connectivity index (χ4n) is 0.616. The molecule has 0 aromatic heterocycles. The van der Waals surface area contributed by atoms with Crippen molar-refractivity contribution >= 4 is 5.97 Å². The van der Waals surface area contributed by atoms with E-state index in [0.717, 1.165) is 12.8 Å². The molecule has 0 saturated heterocycles. The van der Waals surface area contributed by atoms with Gasteiger partial charge in [0, 0.05) is 0 Å². The van der Waals surface area contributed by atoms with E-state index in [9.17, 15) is 4.79 Å². The first kappa shape index (κ1) is 14.5. The van der Waals surface area contributed by atoms with Gasteiger partial charge in [-0.3, -0.25) is 4.79 Å². The molecule has 0 rings (SSSR count). The SMILES string of the molecule is [K+].[NH-][C@@H](CCCCN)C(=O)O. The largest absolute Gasteiger partial charge is 1.00 e. The average Bonchev–Trinajstić information content (AvgIpc) is 1.88. The van der Waals surface area contributed by atoms with E-state index in [1.807, 2.05) is 0 Å². The summed E-state index contributed by atoms with van der Waals surface area (Å²) in [5.74, 6) is -1.04. The summed E-state index contributed by atoms with van der Waals surface area (Å²) < 4.78 is 0. The zero-order chi connectivity index (χ0) is 7.98. The number of aliphatic carboxylic acids is 1. The molecule has 0 aliphatic heterocycles. The summed E-state index contributed by atoms with van der Waals surface area (Å²) in [4.78, 5) is 10.1. The normalized spacial score (nSPS) is 11.8. The van der Waals surface area contributed by atoms with Crippen molar-refractivity contribution in [1.29, 1.82) is 0 Å². The van der Waals surface area contributed by atoms with Gasteiger partial charge in [-0.15, -0.1) is 0 Å². The summed E-state index contributed by atoms with van der Waals surface area (Å²) in [5.41, 5.74) is 12.1. The summed E-state index contributed by atoms with van der Waals surface area (Å²) in [6.07, 6.45) is 1.95. The molecule has 0 fully saturated rings. The predicted molar refractivity (Wildman–Crippen MR) is 38.7 cm³/mol. The van der Waals surface area contributed by atoms with E-state index in [4.69, 9.17) is 16.6 Å². The van der Waals surface area contributed by atoms with E-state index >= 15 is 0 Å². The van der Waals surface area contributed by atoms with Crippen LogP contribution in [-0.4, -0.2) is 23.7 Å².